The number of hydrogen-bond acceptors (Lipinski definition) is 4. The minimum atomic E-state index is -0.853. The highest BCUT2D eigenvalue weighted by Gasteiger charge is 2.51. The third-order valence-corrected chi connectivity index (χ3v) is 5.69. The van der Waals surface area contributed by atoms with Gasteiger partial charge in [0.2, 0.25) is 5.91 Å². The predicted octanol–water partition coefficient (Wildman–Crippen LogP) is 2.68. The Morgan fingerprint density at radius 3 is 2.82 bits per heavy atom. The molecule has 0 bridgehead atoms. The number of thiazole rings is 1. The van der Waals surface area contributed by atoms with Crippen molar-refractivity contribution in [3.05, 3.63) is 29.3 Å². The lowest BCUT2D eigenvalue weighted by molar-refractivity contribution is -0.142. The van der Waals surface area contributed by atoms with Crippen LogP contribution < -0.4 is 0 Å². The van der Waals surface area contributed by atoms with Crippen LogP contribution in [-0.2, 0) is 9.59 Å². The smallest absolute Gasteiger partial charge is 0.307 e. The average Bonchev–Trinajstić information content (AvgIpc) is 2.98. The second-order valence-corrected chi connectivity index (χ2v) is 7.06. The highest BCUT2D eigenvalue weighted by atomic mass is 32.1. The molecule has 1 aliphatic carbocycles. The van der Waals surface area contributed by atoms with E-state index in [2.05, 4.69) is 4.98 Å². The number of carboxylic acid groups (broad SMARTS) is 1. The van der Waals surface area contributed by atoms with Crippen LogP contribution in [0.25, 0.3) is 10.2 Å². The fraction of sp³-hybridized carbons (Fsp3) is 0.438. The molecule has 1 amide bonds. The second kappa shape index (κ2) is 5.05. The highest BCUT2D eigenvalue weighted by Crippen LogP contribution is 2.44. The predicted molar refractivity (Wildman–Crippen MR) is 82.5 cm³/mol. The van der Waals surface area contributed by atoms with Crippen molar-refractivity contribution in [1.29, 1.82) is 0 Å². The molecule has 2 fully saturated rings. The molecule has 2 aliphatic rings. The maximum Gasteiger partial charge on any atom is 0.307 e. The number of para-hydroxylation sites is 1. The Kier molecular flexibility index (Phi) is 3.14. The van der Waals surface area contributed by atoms with Gasteiger partial charge in [0.05, 0.1) is 28.1 Å². The first-order valence-corrected chi connectivity index (χ1v) is 8.35. The molecule has 1 aromatic carbocycles. The largest absolute Gasteiger partial charge is 0.481 e. The first-order valence-electron chi connectivity index (χ1n) is 7.54. The van der Waals surface area contributed by atoms with Crippen LogP contribution in [0, 0.1) is 11.8 Å². The number of likely N-dealkylation sites (tertiary alicyclic amines) is 1. The Hall–Kier alpha value is -1.95. The Morgan fingerprint density at radius 2 is 2.09 bits per heavy atom. The molecule has 5 nitrogen and oxygen atoms in total. The van der Waals surface area contributed by atoms with Gasteiger partial charge >= 0.3 is 5.97 Å². The van der Waals surface area contributed by atoms with Gasteiger partial charge < -0.3 is 10.0 Å². The van der Waals surface area contributed by atoms with Gasteiger partial charge in [0.1, 0.15) is 5.01 Å². The Labute approximate surface area is 131 Å². The van der Waals surface area contributed by atoms with Crippen molar-refractivity contribution in [3.63, 3.8) is 0 Å². The van der Waals surface area contributed by atoms with Gasteiger partial charge in [-0.3, -0.25) is 9.59 Å². The van der Waals surface area contributed by atoms with Crippen LogP contribution >= 0.6 is 11.3 Å². The summed E-state index contributed by atoms with van der Waals surface area (Å²) < 4.78 is 1.13. The monoisotopic (exact) mass is 316 g/mol. The zero-order chi connectivity index (χ0) is 15.3. The zero-order valence-electron chi connectivity index (χ0n) is 11.9. The van der Waals surface area contributed by atoms with Crippen LogP contribution in [0.3, 0.4) is 0 Å². The molecule has 3 atom stereocenters. The number of nitrogens with zero attached hydrogens (tertiary/aromatic N) is 2. The molecule has 1 saturated heterocycles. The molecule has 1 N–H and O–H groups in total. The van der Waals surface area contributed by atoms with Crippen molar-refractivity contribution in [1.82, 2.24) is 9.88 Å². The Balaban J connectivity index is 1.58. The van der Waals surface area contributed by atoms with Crippen LogP contribution in [-0.4, -0.2) is 33.4 Å². The van der Waals surface area contributed by atoms with Crippen LogP contribution in [0.5, 0.6) is 0 Å². The lowest BCUT2D eigenvalue weighted by Gasteiger charge is -2.23. The number of hydrogen-bond donors (Lipinski definition) is 1. The first kappa shape index (κ1) is 13.7. The minimum absolute atomic E-state index is 0.00541. The standard InChI is InChI=1S/C16H16N2O3S/c19-15(9-8-10(9)16(20)21)18-7-3-5-12(18)14-17-11-4-1-2-6-13(11)22-14/h1-2,4,6,9-10,12H,3,5,7-8H2,(H,20,21). The van der Waals surface area contributed by atoms with Crippen molar-refractivity contribution in [2.45, 2.75) is 25.3 Å². The van der Waals surface area contributed by atoms with E-state index < -0.39 is 11.9 Å². The summed E-state index contributed by atoms with van der Waals surface area (Å²) in [5.74, 6) is -1.67. The molecular formula is C16H16N2O3S. The lowest BCUT2D eigenvalue weighted by Crippen LogP contribution is -2.32. The summed E-state index contributed by atoms with van der Waals surface area (Å²) in [5, 5.41) is 9.98. The average molecular weight is 316 g/mol. The third kappa shape index (κ3) is 2.18. The number of aromatic nitrogens is 1. The zero-order valence-corrected chi connectivity index (χ0v) is 12.8. The Bertz CT molecular complexity index is 724. The summed E-state index contributed by atoms with van der Waals surface area (Å²) in [6.07, 6.45) is 2.35. The number of amides is 1. The van der Waals surface area contributed by atoms with Gasteiger partial charge in [-0.2, -0.15) is 0 Å². The summed E-state index contributed by atoms with van der Waals surface area (Å²) in [4.78, 5) is 30.1. The fourth-order valence-electron chi connectivity index (χ4n) is 3.27. The topological polar surface area (TPSA) is 70.5 Å². The minimum Gasteiger partial charge on any atom is -0.481 e. The lowest BCUT2D eigenvalue weighted by atomic mass is 10.2. The van der Waals surface area contributed by atoms with Crippen molar-refractivity contribution >= 4 is 33.4 Å². The highest BCUT2D eigenvalue weighted by molar-refractivity contribution is 7.18. The van der Waals surface area contributed by atoms with Gasteiger partial charge in [-0.05, 0) is 31.4 Å². The number of carbonyl (C=O) groups is 2. The molecule has 2 heterocycles. The second-order valence-electron chi connectivity index (χ2n) is 6.00. The summed E-state index contributed by atoms with van der Waals surface area (Å²) in [6, 6.07) is 7.99. The van der Waals surface area contributed by atoms with Gasteiger partial charge in [-0.15, -0.1) is 11.3 Å². The summed E-state index contributed by atoms with van der Waals surface area (Å²) >= 11 is 1.63. The van der Waals surface area contributed by atoms with Crippen molar-refractivity contribution in [3.8, 4) is 0 Å². The van der Waals surface area contributed by atoms with E-state index in [9.17, 15) is 9.59 Å². The van der Waals surface area contributed by atoms with Gasteiger partial charge in [-0.25, -0.2) is 4.98 Å². The van der Waals surface area contributed by atoms with Crippen molar-refractivity contribution in [2.24, 2.45) is 11.8 Å². The van der Waals surface area contributed by atoms with Gasteiger partial charge in [-0.1, -0.05) is 12.1 Å². The quantitative estimate of drug-likeness (QED) is 0.945. The maximum atomic E-state index is 12.6. The molecule has 1 aromatic heterocycles. The molecule has 0 spiro atoms. The van der Waals surface area contributed by atoms with E-state index in [0.29, 0.717) is 13.0 Å². The van der Waals surface area contributed by atoms with Crippen LogP contribution in [0.15, 0.2) is 24.3 Å². The molecule has 114 valence electrons. The number of carbonyl (C=O) groups excluding carboxylic acids is 1. The molecule has 6 heteroatoms. The van der Waals surface area contributed by atoms with Crippen molar-refractivity contribution in [2.75, 3.05) is 6.54 Å². The maximum absolute atomic E-state index is 12.6. The SMILES string of the molecule is O=C(O)C1CC1C(=O)N1CCCC1c1nc2ccccc2s1. The van der Waals surface area contributed by atoms with Crippen LogP contribution in [0.1, 0.15) is 30.3 Å². The molecule has 0 radical (unpaired) electrons. The Morgan fingerprint density at radius 1 is 1.27 bits per heavy atom. The van der Waals surface area contributed by atoms with E-state index in [-0.39, 0.29) is 17.9 Å². The van der Waals surface area contributed by atoms with E-state index >= 15 is 0 Å². The normalized spacial score (nSPS) is 27.3. The fourth-order valence-corrected chi connectivity index (χ4v) is 4.39. The molecule has 1 aliphatic heterocycles. The molecule has 22 heavy (non-hydrogen) atoms. The molecule has 4 rings (SSSR count). The summed E-state index contributed by atoms with van der Waals surface area (Å²) in [6.45, 7) is 0.711. The molecular weight excluding hydrogens is 300 g/mol. The van der Waals surface area contributed by atoms with Crippen LogP contribution in [0.2, 0.25) is 0 Å². The van der Waals surface area contributed by atoms with E-state index in [0.717, 1.165) is 28.1 Å². The van der Waals surface area contributed by atoms with E-state index in [1.807, 2.05) is 29.2 Å². The van der Waals surface area contributed by atoms with Gasteiger partial charge in [0.15, 0.2) is 0 Å². The number of fused-ring (bicyclic) bond motifs is 1. The summed E-state index contributed by atoms with van der Waals surface area (Å²) in [7, 11) is 0. The number of aliphatic carboxylic acids is 1. The van der Waals surface area contributed by atoms with Crippen LogP contribution in [0.4, 0.5) is 0 Å². The van der Waals surface area contributed by atoms with Gasteiger partial charge in [0, 0.05) is 6.54 Å². The third-order valence-electron chi connectivity index (χ3n) is 4.56. The number of rotatable bonds is 3. The van der Waals surface area contributed by atoms with E-state index in [1.165, 1.54) is 0 Å². The van der Waals surface area contributed by atoms with Gasteiger partial charge in [0.25, 0.3) is 0 Å². The van der Waals surface area contributed by atoms with Crippen molar-refractivity contribution < 1.29 is 14.7 Å². The molecule has 1 saturated carbocycles. The summed E-state index contributed by atoms with van der Waals surface area (Å²) in [5.41, 5.74) is 0.969. The number of carboxylic acids is 1. The molecule has 2 aromatic rings. The molecule has 3 unspecified atom stereocenters. The number of benzene rings is 1. The van der Waals surface area contributed by atoms with E-state index in [1.54, 1.807) is 11.3 Å². The van der Waals surface area contributed by atoms with E-state index in [4.69, 9.17) is 5.11 Å². The first-order chi connectivity index (χ1) is 10.6.